The summed E-state index contributed by atoms with van der Waals surface area (Å²) < 4.78 is 0. The quantitative estimate of drug-likeness (QED) is 0.662. The van der Waals surface area contributed by atoms with Crippen LogP contribution in [0.1, 0.15) is 32.1 Å². The molecule has 0 radical (unpaired) electrons. The van der Waals surface area contributed by atoms with Crippen molar-refractivity contribution in [3.63, 3.8) is 0 Å². The first kappa shape index (κ1) is 11.0. The normalized spacial score (nSPS) is 47.2. The maximum atomic E-state index is 9.40. The first-order valence-electron chi connectivity index (χ1n) is 6.78. The molecule has 3 N–H and O–H groups in total. The molecule has 16 heavy (non-hydrogen) atoms. The first-order chi connectivity index (χ1) is 7.76. The Morgan fingerprint density at radius 2 is 1.56 bits per heavy atom. The average molecular weight is 225 g/mol. The van der Waals surface area contributed by atoms with Crippen molar-refractivity contribution in [2.24, 2.45) is 23.7 Å². The van der Waals surface area contributed by atoms with Crippen LogP contribution in [-0.4, -0.2) is 35.5 Å². The molecule has 4 fully saturated rings. The van der Waals surface area contributed by atoms with E-state index in [1.54, 1.807) is 0 Å². The maximum Gasteiger partial charge on any atom is 0.0895 e. The summed E-state index contributed by atoms with van der Waals surface area (Å²) >= 11 is 0. The smallest absolute Gasteiger partial charge is 0.0895 e. The summed E-state index contributed by atoms with van der Waals surface area (Å²) in [5.74, 6) is 3.70. The minimum Gasteiger partial charge on any atom is -0.394 e. The highest BCUT2D eigenvalue weighted by molar-refractivity contribution is 5.01. The minimum atomic E-state index is -0.586. The van der Waals surface area contributed by atoms with Gasteiger partial charge in [-0.15, -0.1) is 0 Å². The summed E-state index contributed by atoms with van der Waals surface area (Å²) in [6, 6.07) is 0.619. The standard InChI is InChI=1S/C13H23NO2/c15-7-12(16)6-14-13-10-2-8-1-9(4-10)5-11(13)3-8/h8-16H,1-7H2. The van der Waals surface area contributed by atoms with Crippen LogP contribution in [0.25, 0.3) is 0 Å². The van der Waals surface area contributed by atoms with Gasteiger partial charge in [-0.2, -0.15) is 0 Å². The van der Waals surface area contributed by atoms with Gasteiger partial charge in [0.25, 0.3) is 0 Å². The number of aliphatic hydroxyl groups excluding tert-OH is 2. The maximum absolute atomic E-state index is 9.40. The van der Waals surface area contributed by atoms with Gasteiger partial charge in [-0.1, -0.05) is 0 Å². The molecule has 0 aromatic rings. The molecule has 1 atom stereocenters. The predicted molar refractivity (Wildman–Crippen MR) is 61.9 cm³/mol. The van der Waals surface area contributed by atoms with Crippen molar-refractivity contribution in [1.82, 2.24) is 5.32 Å². The zero-order valence-electron chi connectivity index (χ0n) is 9.81. The Bertz CT molecular complexity index is 228. The van der Waals surface area contributed by atoms with Crippen LogP contribution in [-0.2, 0) is 0 Å². The highest BCUT2D eigenvalue weighted by Gasteiger charge is 2.47. The average Bonchev–Trinajstić information content (AvgIpc) is 2.26. The molecule has 0 saturated heterocycles. The second-order valence-electron chi connectivity index (χ2n) is 6.20. The summed E-state index contributed by atoms with van der Waals surface area (Å²) in [6.07, 6.45) is 6.51. The summed E-state index contributed by atoms with van der Waals surface area (Å²) in [4.78, 5) is 0. The molecule has 3 nitrogen and oxygen atoms in total. The lowest BCUT2D eigenvalue weighted by atomic mass is 9.54. The molecular weight excluding hydrogens is 202 g/mol. The molecule has 0 aliphatic heterocycles. The molecular formula is C13H23NO2. The monoisotopic (exact) mass is 225 g/mol. The van der Waals surface area contributed by atoms with E-state index in [9.17, 15) is 5.11 Å². The van der Waals surface area contributed by atoms with E-state index in [1.807, 2.05) is 0 Å². The molecule has 1 unspecified atom stereocenters. The van der Waals surface area contributed by atoms with Gasteiger partial charge < -0.3 is 15.5 Å². The van der Waals surface area contributed by atoms with Gasteiger partial charge in [0.2, 0.25) is 0 Å². The van der Waals surface area contributed by atoms with E-state index < -0.39 is 6.10 Å². The third-order valence-electron chi connectivity index (χ3n) is 5.03. The Balaban J connectivity index is 1.59. The molecule has 4 aliphatic carbocycles. The fraction of sp³-hybridized carbons (Fsp3) is 1.00. The van der Waals surface area contributed by atoms with Gasteiger partial charge in [0.05, 0.1) is 12.7 Å². The van der Waals surface area contributed by atoms with Crippen LogP contribution in [0.2, 0.25) is 0 Å². The topological polar surface area (TPSA) is 52.5 Å². The second-order valence-corrected chi connectivity index (χ2v) is 6.20. The van der Waals surface area contributed by atoms with Crippen LogP contribution in [0, 0.1) is 23.7 Å². The zero-order valence-corrected chi connectivity index (χ0v) is 9.81. The first-order valence-corrected chi connectivity index (χ1v) is 6.78. The molecule has 3 heteroatoms. The lowest BCUT2D eigenvalue weighted by molar-refractivity contribution is -0.0194. The van der Waals surface area contributed by atoms with Gasteiger partial charge in [0.1, 0.15) is 0 Å². The fourth-order valence-corrected chi connectivity index (χ4v) is 4.60. The van der Waals surface area contributed by atoms with E-state index in [1.165, 1.54) is 32.1 Å². The van der Waals surface area contributed by atoms with Crippen molar-refractivity contribution in [2.45, 2.75) is 44.2 Å². The van der Waals surface area contributed by atoms with Crippen LogP contribution in [0.4, 0.5) is 0 Å². The Morgan fingerprint density at radius 1 is 1.00 bits per heavy atom. The van der Waals surface area contributed by atoms with Gasteiger partial charge in [-0.05, 0) is 55.8 Å². The van der Waals surface area contributed by atoms with Crippen molar-refractivity contribution in [3.8, 4) is 0 Å². The summed E-state index contributed by atoms with van der Waals surface area (Å²) in [5, 5.41) is 21.7. The lowest BCUT2D eigenvalue weighted by Gasteiger charge is -2.54. The van der Waals surface area contributed by atoms with Crippen molar-refractivity contribution >= 4 is 0 Å². The van der Waals surface area contributed by atoms with E-state index >= 15 is 0 Å². The number of aliphatic hydroxyl groups is 2. The number of rotatable bonds is 4. The molecule has 4 saturated carbocycles. The third-order valence-corrected chi connectivity index (χ3v) is 5.03. The van der Waals surface area contributed by atoms with Crippen LogP contribution in [0.5, 0.6) is 0 Å². The molecule has 4 bridgehead atoms. The molecule has 0 spiro atoms. The van der Waals surface area contributed by atoms with Crippen LogP contribution in [0.15, 0.2) is 0 Å². The molecule has 4 aliphatic rings. The second kappa shape index (κ2) is 4.28. The van der Waals surface area contributed by atoms with E-state index in [0.717, 1.165) is 23.7 Å². The highest BCUT2D eigenvalue weighted by atomic mass is 16.3. The van der Waals surface area contributed by atoms with Crippen LogP contribution < -0.4 is 5.32 Å². The van der Waals surface area contributed by atoms with Crippen molar-refractivity contribution in [1.29, 1.82) is 0 Å². The van der Waals surface area contributed by atoms with E-state index in [-0.39, 0.29) is 6.61 Å². The summed E-state index contributed by atoms with van der Waals surface area (Å²) in [6.45, 7) is 0.434. The van der Waals surface area contributed by atoms with Gasteiger partial charge in [0.15, 0.2) is 0 Å². The van der Waals surface area contributed by atoms with Gasteiger partial charge in [-0.25, -0.2) is 0 Å². The van der Waals surface area contributed by atoms with Crippen molar-refractivity contribution in [2.75, 3.05) is 13.2 Å². The predicted octanol–water partition coefficient (Wildman–Crippen LogP) is 0.754. The third kappa shape index (κ3) is 1.89. The fourth-order valence-electron chi connectivity index (χ4n) is 4.60. The molecule has 92 valence electrons. The Kier molecular flexibility index (Phi) is 2.94. The largest absolute Gasteiger partial charge is 0.394 e. The van der Waals surface area contributed by atoms with E-state index in [0.29, 0.717) is 12.6 Å². The Morgan fingerprint density at radius 3 is 2.06 bits per heavy atom. The van der Waals surface area contributed by atoms with Gasteiger partial charge in [-0.3, -0.25) is 0 Å². The van der Waals surface area contributed by atoms with Crippen molar-refractivity contribution < 1.29 is 10.2 Å². The van der Waals surface area contributed by atoms with Gasteiger partial charge in [0, 0.05) is 12.6 Å². The number of hydrogen-bond donors (Lipinski definition) is 3. The SMILES string of the molecule is OCC(O)CNC1C2CC3CC(C2)CC1C3. The van der Waals surface area contributed by atoms with E-state index in [2.05, 4.69) is 5.32 Å². The van der Waals surface area contributed by atoms with Crippen LogP contribution in [0.3, 0.4) is 0 Å². The van der Waals surface area contributed by atoms with Crippen molar-refractivity contribution in [3.05, 3.63) is 0 Å². The molecule has 0 amide bonds. The number of nitrogens with one attached hydrogen (secondary N) is 1. The van der Waals surface area contributed by atoms with E-state index in [4.69, 9.17) is 5.11 Å². The summed E-state index contributed by atoms with van der Waals surface area (Å²) in [5.41, 5.74) is 0. The Hall–Kier alpha value is -0.120. The minimum absolute atomic E-state index is 0.125. The molecule has 0 aromatic carbocycles. The Labute approximate surface area is 97.2 Å². The van der Waals surface area contributed by atoms with Gasteiger partial charge >= 0.3 is 0 Å². The highest BCUT2D eigenvalue weighted by Crippen LogP contribution is 2.53. The molecule has 0 aromatic heterocycles. The zero-order chi connectivity index (χ0) is 11.1. The number of hydrogen-bond acceptors (Lipinski definition) is 3. The van der Waals surface area contributed by atoms with Crippen LogP contribution >= 0.6 is 0 Å². The summed E-state index contributed by atoms with van der Waals surface area (Å²) in [7, 11) is 0. The molecule has 4 rings (SSSR count). The molecule has 0 heterocycles. The lowest BCUT2D eigenvalue weighted by Crippen LogP contribution is -2.55.